The smallest absolute Gasteiger partial charge is 0.309 e. The maximum absolute atomic E-state index is 12.2. The molecule has 21 heavy (non-hydrogen) atoms. The predicted octanol–water partition coefficient (Wildman–Crippen LogP) is 1.01. The molecule has 0 aromatic carbocycles. The molecule has 1 N–H and O–H groups in total. The topological polar surface area (TPSA) is 77.9 Å². The Morgan fingerprint density at radius 2 is 2.00 bits per heavy atom. The fourth-order valence-electron chi connectivity index (χ4n) is 3.04. The standard InChI is InChI=1S/C14H22N2O4S/c1-2-3-14(13(19)20)4-6-15(7-5-14)11(17)8-16-10-21-9-12(16)18/h2-10H2,1H3,(H,19,20). The van der Waals surface area contributed by atoms with Gasteiger partial charge >= 0.3 is 5.97 Å². The van der Waals surface area contributed by atoms with Crippen LogP contribution in [0.25, 0.3) is 0 Å². The van der Waals surface area contributed by atoms with E-state index in [1.54, 1.807) is 9.80 Å². The average Bonchev–Trinajstić information content (AvgIpc) is 2.85. The second-order valence-electron chi connectivity index (χ2n) is 5.79. The molecule has 0 aromatic heterocycles. The lowest BCUT2D eigenvalue weighted by molar-refractivity contribution is -0.155. The molecular weight excluding hydrogens is 292 g/mol. The lowest BCUT2D eigenvalue weighted by atomic mass is 9.75. The maximum Gasteiger partial charge on any atom is 0.309 e. The molecule has 2 fully saturated rings. The zero-order chi connectivity index (χ0) is 15.5. The number of nitrogens with zero attached hydrogens (tertiary/aromatic N) is 2. The first-order valence-corrected chi connectivity index (χ1v) is 8.51. The minimum Gasteiger partial charge on any atom is -0.481 e. The van der Waals surface area contributed by atoms with Crippen molar-refractivity contribution >= 4 is 29.5 Å². The summed E-state index contributed by atoms with van der Waals surface area (Å²) in [6.07, 6.45) is 2.50. The first kappa shape index (κ1) is 16.1. The number of carboxylic acid groups (broad SMARTS) is 1. The van der Waals surface area contributed by atoms with E-state index in [2.05, 4.69) is 0 Å². The molecule has 0 aromatic rings. The summed E-state index contributed by atoms with van der Waals surface area (Å²) in [5.41, 5.74) is -0.676. The van der Waals surface area contributed by atoms with Gasteiger partial charge in [0.2, 0.25) is 11.8 Å². The number of likely N-dealkylation sites (tertiary alicyclic amines) is 1. The average molecular weight is 314 g/mol. The molecule has 0 unspecified atom stereocenters. The molecule has 2 amide bonds. The SMILES string of the molecule is CCCC1(C(=O)O)CCN(C(=O)CN2CSCC2=O)CC1. The van der Waals surface area contributed by atoms with E-state index in [1.165, 1.54) is 11.8 Å². The molecule has 2 aliphatic rings. The first-order valence-electron chi connectivity index (χ1n) is 7.35. The van der Waals surface area contributed by atoms with Gasteiger partial charge in [-0.2, -0.15) is 0 Å². The zero-order valence-electron chi connectivity index (χ0n) is 12.3. The second kappa shape index (κ2) is 6.68. The first-order chi connectivity index (χ1) is 9.98. The van der Waals surface area contributed by atoms with Gasteiger partial charge in [-0.1, -0.05) is 13.3 Å². The molecule has 6 nitrogen and oxygen atoms in total. The molecule has 2 heterocycles. The molecule has 118 valence electrons. The van der Waals surface area contributed by atoms with Gasteiger partial charge in [0.25, 0.3) is 0 Å². The summed E-state index contributed by atoms with van der Waals surface area (Å²) < 4.78 is 0. The van der Waals surface area contributed by atoms with E-state index >= 15 is 0 Å². The molecule has 0 spiro atoms. The third-order valence-corrected chi connectivity index (χ3v) is 5.35. The molecule has 0 aliphatic carbocycles. The Morgan fingerprint density at radius 3 is 2.48 bits per heavy atom. The van der Waals surface area contributed by atoms with E-state index in [4.69, 9.17) is 0 Å². The number of amides is 2. The highest BCUT2D eigenvalue weighted by molar-refractivity contribution is 8.00. The zero-order valence-corrected chi connectivity index (χ0v) is 13.2. The van der Waals surface area contributed by atoms with Crippen molar-refractivity contribution in [2.45, 2.75) is 32.6 Å². The summed E-state index contributed by atoms with van der Waals surface area (Å²) in [4.78, 5) is 38.5. The number of piperidine rings is 1. The summed E-state index contributed by atoms with van der Waals surface area (Å²) in [5, 5.41) is 9.45. The number of rotatable bonds is 5. The summed E-state index contributed by atoms with van der Waals surface area (Å²) >= 11 is 1.52. The van der Waals surface area contributed by atoms with Crippen LogP contribution in [0.3, 0.4) is 0 Å². The van der Waals surface area contributed by atoms with Crippen LogP contribution in [0, 0.1) is 5.41 Å². The van der Waals surface area contributed by atoms with Crippen molar-refractivity contribution in [1.82, 2.24) is 9.80 Å². The van der Waals surface area contributed by atoms with Crippen LogP contribution in [-0.4, -0.2) is 64.0 Å². The van der Waals surface area contributed by atoms with Gasteiger partial charge in [-0.15, -0.1) is 11.8 Å². The van der Waals surface area contributed by atoms with Gasteiger partial charge in [-0.05, 0) is 19.3 Å². The van der Waals surface area contributed by atoms with Gasteiger partial charge in [-0.3, -0.25) is 14.4 Å². The van der Waals surface area contributed by atoms with Crippen molar-refractivity contribution in [3.63, 3.8) is 0 Å². The Labute approximate surface area is 128 Å². The number of carboxylic acids is 1. The van der Waals surface area contributed by atoms with Crippen molar-refractivity contribution < 1.29 is 19.5 Å². The lowest BCUT2D eigenvalue weighted by Crippen LogP contribution is -2.49. The van der Waals surface area contributed by atoms with E-state index in [-0.39, 0.29) is 18.4 Å². The van der Waals surface area contributed by atoms with Gasteiger partial charge in [0.05, 0.1) is 17.0 Å². The third-order valence-electron chi connectivity index (χ3n) is 4.41. The summed E-state index contributed by atoms with van der Waals surface area (Å²) in [7, 11) is 0. The van der Waals surface area contributed by atoms with E-state index in [1.807, 2.05) is 6.92 Å². The van der Waals surface area contributed by atoms with Crippen LogP contribution in [0.15, 0.2) is 0 Å². The fourth-order valence-corrected chi connectivity index (χ4v) is 3.94. The van der Waals surface area contributed by atoms with Crippen LogP contribution in [0.4, 0.5) is 0 Å². The summed E-state index contributed by atoms with van der Waals surface area (Å²) in [5.74, 6) is 0.222. The number of carbonyl (C=O) groups excluding carboxylic acids is 2. The Kier molecular flexibility index (Phi) is 5.13. The highest BCUT2D eigenvalue weighted by Gasteiger charge is 2.41. The van der Waals surface area contributed by atoms with Crippen LogP contribution in [0.1, 0.15) is 32.6 Å². The van der Waals surface area contributed by atoms with Gasteiger partial charge in [-0.25, -0.2) is 0 Å². The van der Waals surface area contributed by atoms with E-state index in [0.717, 1.165) is 6.42 Å². The monoisotopic (exact) mass is 314 g/mol. The van der Waals surface area contributed by atoms with Crippen molar-refractivity contribution in [3.05, 3.63) is 0 Å². The number of aliphatic carboxylic acids is 1. The number of hydrogen-bond donors (Lipinski definition) is 1. The minimum atomic E-state index is -0.748. The molecule has 2 aliphatic heterocycles. The molecular formula is C14H22N2O4S. The third kappa shape index (κ3) is 3.51. The second-order valence-corrected chi connectivity index (χ2v) is 6.74. The van der Waals surface area contributed by atoms with Gasteiger partial charge in [0, 0.05) is 13.1 Å². The van der Waals surface area contributed by atoms with Crippen LogP contribution < -0.4 is 0 Å². The van der Waals surface area contributed by atoms with Crippen molar-refractivity contribution in [1.29, 1.82) is 0 Å². The minimum absolute atomic E-state index is 0.0104. The van der Waals surface area contributed by atoms with Gasteiger partial charge < -0.3 is 14.9 Å². The predicted molar refractivity (Wildman–Crippen MR) is 79.8 cm³/mol. The normalized spacial score (nSPS) is 21.7. The van der Waals surface area contributed by atoms with Gasteiger partial charge in [0.1, 0.15) is 6.54 Å². The van der Waals surface area contributed by atoms with Crippen molar-refractivity contribution in [2.24, 2.45) is 5.41 Å². The van der Waals surface area contributed by atoms with Crippen LogP contribution in [0.2, 0.25) is 0 Å². The number of thioether (sulfide) groups is 1. The molecule has 0 saturated carbocycles. The summed E-state index contributed by atoms with van der Waals surface area (Å²) in [6, 6.07) is 0. The highest BCUT2D eigenvalue weighted by atomic mass is 32.2. The molecule has 2 rings (SSSR count). The molecule has 0 atom stereocenters. The Balaban J connectivity index is 1.89. The Hall–Kier alpha value is -1.24. The lowest BCUT2D eigenvalue weighted by Gasteiger charge is -2.39. The van der Waals surface area contributed by atoms with Gasteiger partial charge in [0.15, 0.2) is 0 Å². The van der Waals surface area contributed by atoms with Crippen LogP contribution in [0.5, 0.6) is 0 Å². The highest BCUT2D eigenvalue weighted by Crippen LogP contribution is 2.36. The summed E-state index contributed by atoms with van der Waals surface area (Å²) in [6.45, 7) is 3.05. The van der Waals surface area contributed by atoms with Crippen LogP contribution >= 0.6 is 11.8 Å². The Morgan fingerprint density at radius 1 is 1.33 bits per heavy atom. The number of hydrogen-bond acceptors (Lipinski definition) is 4. The Bertz CT molecular complexity index is 433. The van der Waals surface area contributed by atoms with E-state index in [9.17, 15) is 19.5 Å². The molecule has 0 radical (unpaired) electrons. The molecule has 7 heteroatoms. The quantitative estimate of drug-likeness (QED) is 0.819. The van der Waals surface area contributed by atoms with Crippen LogP contribution in [-0.2, 0) is 14.4 Å². The van der Waals surface area contributed by atoms with E-state index < -0.39 is 11.4 Å². The maximum atomic E-state index is 12.2. The van der Waals surface area contributed by atoms with E-state index in [0.29, 0.717) is 44.0 Å². The number of carbonyl (C=O) groups is 3. The van der Waals surface area contributed by atoms with Crippen molar-refractivity contribution in [3.8, 4) is 0 Å². The fraction of sp³-hybridized carbons (Fsp3) is 0.786. The van der Waals surface area contributed by atoms with Crippen molar-refractivity contribution in [2.75, 3.05) is 31.3 Å². The molecule has 0 bridgehead atoms. The largest absolute Gasteiger partial charge is 0.481 e. The molecule has 2 saturated heterocycles.